The monoisotopic (exact) mass is 382 g/mol. The summed E-state index contributed by atoms with van der Waals surface area (Å²) in [5, 5.41) is 21.9. The van der Waals surface area contributed by atoms with Crippen molar-refractivity contribution in [1.29, 1.82) is 0 Å². The van der Waals surface area contributed by atoms with E-state index in [0.29, 0.717) is 5.92 Å². The Bertz CT molecular complexity index is 343. The van der Waals surface area contributed by atoms with E-state index in [1.54, 1.807) is 0 Å². The molecule has 1 aliphatic carbocycles. The van der Waals surface area contributed by atoms with Gasteiger partial charge in [0.2, 0.25) is 0 Å². The molecule has 162 valence electrons. The van der Waals surface area contributed by atoms with Gasteiger partial charge >= 0.3 is 0 Å². The van der Waals surface area contributed by atoms with Crippen LogP contribution in [0.1, 0.15) is 136 Å². The van der Waals surface area contributed by atoms with E-state index < -0.39 is 11.7 Å². The van der Waals surface area contributed by atoms with E-state index in [-0.39, 0.29) is 5.92 Å². The van der Waals surface area contributed by atoms with Gasteiger partial charge in [-0.1, -0.05) is 111 Å². The zero-order chi connectivity index (χ0) is 20.0. The van der Waals surface area contributed by atoms with Gasteiger partial charge in [0.1, 0.15) is 0 Å². The van der Waals surface area contributed by atoms with Crippen molar-refractivity contribution in [1.82, 2.24) is 0 Å². The van der Waals surface area contributed by atoms with Crippen LogP contribution in [0.4, 0.5) is 0 Å². The highest BCUT2D eigenvalue weighted by molar-refractivity contribution is 4.96. The molecule has 1 fully saturated rings. The number of aliphatic hydroxyl groups is 2. The molecule has 2 heteroatoms. The minimum absolute atomic E-state index is 0.281. The van der Waals surface area contributed by atoms with Crippen LogP contribution in [0.25, 0.3) is 0 Å². The van der Waals surface area contributed by atoms with Crippen LogP contribution in [0.5, 0.6) is 0 Å². The molecule has 1 saturated carbocycles. The predicted molar refractivity (Wildman–Crippen MR) is 118 cm³/mol. The van der Waals surface area contributed by atoms with E-state index in [9.17, 15) is 10.2 Å². The van der Waals surface area contributed by atoms with Gasteiger partial charge in [-0.25, -0.2) is 0 Å². The molecular formula is C25H50O2. The second-order valence-electron chi connectivity index (χ2n) is 9.55. The summed E-state index contributed by atoms with van der Waals surface area (Å²) in [6.07, 6.45) is 21.4. The normalized spacial score (nSPS) is 25.4. The Balaban J connectivity index is 2.36. The van der Waals surface area contributed by atoms with Gasteiger partial charge in [-0.3, -0.25) is 0 Å². The molecule has 0 spiro atoms. The molecule has 1 rings (SSSR count). The maximum Gasteiger partial charge on any atom is 0.0933 e. The zero-order valence-electron chi connectivity index (χ0n) is 18.9. The van der Waals surface area contributed by atoms with Gasteiger partial charge in [-0.05, 0) is 37.5 Å². The highest BCUT2D eigenvalue weighted by Crippen LogP contribution is 2.41. The summed E-state index contributed by atoms with van der Waals surface area (Å²) >= 11 is 0. The van der Waals surface area contributed by atoms with Gasteiger partial charge in [0, 0.05) is 0 Å². The minimum atomic E-state index is -0.820. The van der Waals surface area contributed by atoms with E-state index in [0.717, 1.165) is 38.5 Å². The van der Waals surface area contributed by atoms with Crippen molar-refractivity contribution in [3.63, 3.8) is 0 Å². The molecule has 1 aliphatic rings. The SMILES string of the molecule is CCCCCCCCCCC(C)CC(CCCCC)C1(O)CCCCC1O. The summed E-state index contributed by atoms with van der Waals surface area (Å²) in [7, 11) is 0. The van der Waals surface area contributed by atoms with E-state index >= 15 is 0 Å². The highest BCUT2D eigenvalue weighted by Gasteiger charge is 2.44. The lowest BCUT2D eigenvalue weighted by Crippen LogP contribution is -2.51. The first kappa shape index (κ1) is 25.0. The fourth-order valence-corrected chi connectivity index (χ4v) is 5.08. The number of hydrogen-bond acceptors (Lipinski definition) is 2. The summed E-state index contributed by atoms with van der Waals surface area (Å²) in [5.41, 5.74) is -0.820. The van der Waals surface area contributed by atoms with Crippen molar-refractivity contribution in [2.24, 2.45) is 11.8 Å². The average Bonchev–Trinajstić information content (AvgIpc) is 2.65. The van der Waals surface area contributed by atoms with E-state index in [1.165, 1.54) is 77.0 Å². The van der Waals surface area contributed by atoms with Crippen molar-refractivity contribution in [3.8, 4) is 0 Å². The Morgan fingerprint density at radius 1 is 0.815 bits per heavy atom. The van der Waals surface area contributed by atoms with Crippen molar-refractivity contribution in [2.75, 3.05) is 0 Å². The summed E-state index contributed by atoms with van der Waals surface area (Å²) < 4.78 is 0. The number of aliphatic hydroxyl groups excluding tert-OH is 1. The number of rotatable bonds is 16. The van der Waals surface area contributed by atoms with Crippen molar-refractivity contribution < 1.29 is 10.2 Å². The van der Waals surface area contributed by atoms with Crippen molar-refractivity contribution in [2.45, 2.75) is 148 Å². The fourth-order valence-electron chi connectivity index (χ4n) is 5.08. The molecule has 0 heterocycles. The fraction of sp³-hybridized carbons (Fsp3) is 1.00. The first-order chi connectivity index (χ1) is 13.0. The Labute approximate surface area is 170 Å². The molecule has 2 nitrogen and oxygen atoms in total. The number of unbranched alkanes of at least 4 members (excludes halogenated alkanes) is 9. The Hall–Kier alpha value is -0.0800. The molecular weight excluding hydrogens is 332 g/mol. The van der Waals surface area contributed by atoms with Gasteiger partial charge in [0.15, 0.2) is 0 Å². The lowest BCUT2D eigenvalue weighted by atomic mass is 9.69. The second kappa shape index (κ2) is 14.9. The van der Waals surface area contributed by atoms with Gasteiger partial charge in [0.05, 0.1) is 11.7 Å². The summed E-state index contributed by atoms with van der Waals surface area (Å²) in [6.45, 7) is 6.89. The van der Waals surface area contributed by atoms with Crippen LogP contribution in [-0.4, -0.2) is 21.9 Å². The van der Waals surface area contributed by atoms with Crippen LogP contribution < -0.4 is 0 Å². The maximum absolute atomic E-state index is 11.3. The molecule has 0 radical (unpaired) electrons. The van der Waals surface area contributed by atoms with Gasteiger partial charge < -0.3 is 10.2 Å². The molecule has 27 heavy (non-hydrogen) atoms. The van der Waals surface area contributed by atoms with Crippen LogP contribution in [0.2, 0.25) is 0 Å². The van der Waals surface area contributed by atoms with Crippen molar-refractivity contribution in [3.05, 3.63) is 0 Å². The van der Waals surface area contributed by atoms with Crippen LogP contribution in [0.15, 0.2) is 0 Å². The molecule has 0 bridgehead atoms. The molecule has 0 aliphatic heterocycles. The molecule has 0 aromatic carbocycles. The predicted octanol–water partition coefficient (Wildman–Crippen LogP) is 7.41. The topological polar surface area (TPSA) is 40.5 Å². The molecule has 0 saturated heterocycles. The summed E-state index contributed by atoms with van der Waals surface area (Å²) in [4.78, 5) is 0. The van der Waals surface area contributed by atoms with Gasteiger partial charge in [-0.2, -0.15) is 0 Å². The first-order valence-corrected chi connectivity index (χ1v) is 12.4. The Morgan fingerprint density at radius 3 is 2.00 bits per heavy atom. The lowest BCUT2D eigenvalue weighted by molar-refractivity contribution is -0.142. The third-order valence-corrected chi connectivity index (χ3v) is 6.98. The average molecular weight is 383 g/mol. The summed E-state index contributed by atoms with van der Waals surface area (Å²) in [6, 6.07) is 0. The second-order valence-corrected chi connectivity index (χ2v) is 9.55. The molecule has 4 unspecified atom stereocenters. The highest BCUT2D eigenvalue weighted by atomic mass is 16.3. The molecule has 4 atom stereocenters. The van der Waals surface area contributed by atoms with Crippen molar-refractivity contribution >= 4 is 0 Å². The third kappa shape index (κ3) is 9.79. The largest absolute Gasteiger partial charge is 0.390 e. The minimum Gasteiger partial charge on any atom is -0.390 e. The van der Waals surface area contributed by atoms with Gasteiger partial charge in [0.25, 0.3) is 0 Å². The molecule has 0 aromatic rings. The van der Waals surface area contributed by atoms with Crippen LogP contribution in [-0.2, 0) is 0 Å². The first-order valence-electron chi connectivity index (χ1n) is 12.4. The van der Waals surface area contributed by atoms with Crippen LogP contribution >= 0.6 is 0 Å². The molecule has 0 aromatic heterocycles. The van der Waals surface area contributed by atoms with Crippen LogP contribution in [0, 0.1) is 11.8 Å². The third-order valence-electron chi connectivity index (χ3n) is 6.98. The van der Waals surface area contributed by atoms with E-state index in [2.05, 4.69) is 20.8 Å². The van der Waals surface area contributed by atoms with E-state index in [1.807, 2.05) is 0 Å². The Morgan fingerprint density at radius 2 is 1.37 bits per heavy atom. The van der Waals surface area contributed by atoms with Crippen LogP contribution in [0.3, 0.4) is 0 Å². The number of hydrogen-bond donors (Lipinski definition) is 2. The van der Waals surface area contributed by atoms with Gasteiger partial charge in [-0.15, -0.1) is 0 Å². The maximum atomic E-state index is 11.3. The van der Waals surface area contributed by atoms with E-state index in [4.69, 9.17) is 0 Å². The smallest absolute Gasteiger partial charge is 0.0933 e. The molecule has 0 amide bonds. The quantitative estimate of drug-likeness (QED) is 0.273. The lowest BCUT2D eigenvalue weighted by Gasteiger charge is -2.44. The molecule has 2 N–H and O–H groups in total. The zero-order valence-corrected chi connectivity index (χ0v) is 18.9. The Kier molecular flexibility index (Phi) is 13.7. The standard InChI is InChI=1S/C25H50O2/c1-4-6-8-9-10-11-12-14-17-22(3)21-23(18-13-7-5-2)25(27)20-16-15-19-24(25)26/h22-24,26-27H,4-21H2,1-3H3. The summed E-state index contributed by atoms with van der Waals surface area (Å²) in [5.74, 6) is 0.943.